The molecule has 0 atom stereocenters. The van der Waals surface area contributed by atoms with E-state index in [2.05, 4.69) is 202 Å². The van der Waals surface area contributed by atoms with Crippen molar-refractivity contribution in [2.75, 3.05) is 9.71 Å². The van der Waals surface area contributed by atoms with Gasteiger partial charge in [0.05, 0.1) is 11.4 Å². The van der Waals surface area contributed by atoms with Gasteiger partial charge in [0.1, 0.15) is 11.2 Å². The van der Waals surface area contributed by atoms with E-state index in [-0.39, 0.29) is 17.7 Å². The van der Waals surface area contributed by atoms with Crippen molar-refractivity contribution in [2.24, 2.45) is 0 Å². The molecular formula is C53H41BN2O. The number of hydrogen-bond acceptors (Lipinski definition) is 3. The molecule has 57 heavy (non-hydrogen) atoms. The van der Waals surface area contributed by atoms with E-state index < -0.39 is 0 Å². The fraction of sp³-hybridized carbons (Fsp3) is 0.132. The van der Waals surface area contributed by atoms with E-state index in [1.807, 2.05) is 0 Å². The molecule has 12 rings (SSSR count). The lowest BCUT2D eigenvalue weighted by Gasteiger charge is -2.51. The van der Waals surface area contributed by atoms with Crippen LogP contribution >= 0.6 is 0 Å². The molecule has 0 aliphatic carbocycles. The molecule has 0 saturated heterocycles. The standard InChI is InChI=1S/C53H41BN2O/c1-52(2,3)34-26-27-42(38(31-34)32-16-7-6-8-17-32)55-44-28-29-46-47(37-20-11-14-25-45(37)57-46)49(44)54-48-39(30-33-18-9-10-19-35(33)51(48)55)36-21-15-23-41-50(36)56(54)43-24-13-12-22-40(43)53(41,4)5/h6-31H,1-5H3. The predicted molar refractivity (Wildman–Crippen MR) is 241 cm³/mol. The Bertz CT molecular complexity index is 3170. The van der Waals surface area contributed by atoms with Crippen LogP contribution in [-0.2, 0) is 10.8 Å². The maximum Gasteiger partial charge on any atom is 0.333 e. The Morgan fingerprint density at radius 2 is 1.25 bits per heavy atom. The first kappa shape index (κ1) is 32.7. The zero-order chi connectivity index (χ0) is 38.4. The molecule has 3 nitrogen and oxygen atoms in total. The summed E-state index contributed by atoms with van der Waals surface area (Å²) in [7, 11) is 0. The molecule has 0 fully saturated rings. The summed E-state index contributed by atoms with van der Waals surface area (Å²) in [6.45, 7) is 11.6. The lowest BCUT2D eigenvalue weighted by Crippen LogP contribution is -2.63. The molecule has 1 aromatic heterocycles. The lowest BCUT2D eigenvalue weighted by molar-refractivity contribution is 0.590. The van der Waals surface area contributed by atoms with Gasteiger partial charge < -0.3 is 14.1 Å². The SMILES string of the molecule is CC(C)(C)c1ccc(N2c3ccc4oc5ccccc5c4c3B3c4c(cc5ccccc5c42)-c2cccc4c2N3c2ccccc2C4(C)C)c(-c2ccccc2)c1. The smallest absolute Gasteiger partial charge is 0.333 e. The van der Waals surface area contributed by atoms with Crippen LogP contribution in [0.25, 0.3) is 55.0 Å². The van der Waals surface area contributed by atoms with Gasteiger partial charge in [0.2, 0.25) is 0 Å². The van der Waals surface area contributed by atoms with Crippen molar-refractivity contribution in [2.45, 2.75) is 45.4 Å². The molecule has 3 aliphatic rings. The molecule has 0 amide bonds. The van der Waals surface area contributed by atoms with Gasteiger partial charge in [0, 0.05) is 49.8 Å². The highest BCUT2D eigenvalue weighted by Crippen LogP contribution is 2.57. The van der Waals surface area contributed by atoms with Gasteiger partial charge in [0.15, 0.2) is 0 Å². The second-order valence-corrected chi connectivity index (χ2v) is 17.7. The van der Waals surface area contributed by atoms with E-state index in [0.29, 0.717) is 0 Å². The third-order valence-electron chi connectivity index (χ3n) is 13.2. The van der Waals surface area contributed by atoms with Crippen LogP contribution in [0.5, 0.6) is 0 Å². The molecule has 0 bridgehead atoms. The van der Waals surface area contributed by atoms with Crippen LogP contribution in [0.4, 0.5) is 28.4 Å². The number of anilines is 5. The van der Waals surface area contributed by atoms with Gasteiger partial charge in [-0.15, -0.1) is 0 Å². The van der Waals surface area contributed by atoms with E-state index in [0.717, 1.165) is 16.6 Å². The van der Waals surface area contributed by atoms with Crippen molar-refractivity contribution >= 4 is 78.9 Å². The van der Waals surface area contributed by atoms with Gasteiger partial charge in [0.25, 0.3) is 0 Å². The lowest BCUT2D eigenvalue weighted by atomic mass is 9.41. The van der Waals surface area contributed by atoms with Gasteiger partial charge in [-0.1, -0.05) is 150 Å². The summed E-state index contributed by atoms with van der Waals surface area (Å²) in [4.78, 5) is 5.31. The summed E-state index contributed by atoms with van der Waals surface area (Å²) in [6, 6.07) is 58.8. The molecule has 3 aliphatic heterocycles. The number of rotatable bonds is 2. The molecule has 4 heteroatoms. The normalized spacial score (nSPS) is 14.8. The van der Waals surface area contributed by atoms with Crippen molar-refractivity contribution in [3.8, 4) is 22.3 Å². The maximum absolute atomic E-state index is 6.75. The number of hydrogen-bond donors (Lipinski definition) is 0. The van der Waals surface area contributed by atoms with E-state index in [4.69, 9.17) is 4.42 Å². The largest absolute Gasteiger partial charge is 0.456 e. The predicted octanol–water partition coefficient (Wildman–Crippen LogP) is 13.1. The number of furan rings is 1. The molecule has 0 unspecified atom stereocenters. The first-order valence-corrected chi connectivity index (χ1v) is 20.2. The Balaban J connectivity index is 1.30. The van der Waals surface area contributed by atoms with Crippen LogP contribution in [0, 0.1) is 0 Å². The van der Waals surface area contributed by atoms with Crippen molar-refractivity contribution in [3.63, 3.8) is 0 Å². The van der Waals surface area contributed by atoms with Crippen molar-refractivity contribution in [1.29, 1.82) is 0 Å². The highest BCUT2D eigenvalue weighted by molar-refractivity contribution is 6.95. The monoisotopic (exact) mass is 732 g/mol. The average molecular weight is 733 g/mol. The van der Waals surface area contributed by atoms with Crippen LogP contribution in [0.3, 0.4) is 0 Å². The Morgan fingerprint density at radius 1 is 0.526 bits per heavy atom. The summed E-state index contributed by atoms with van der Waals surface area (Å²) < 4.78 is 6.75. The molecule has 0 spiro atoms. The zero-order valence-electron chi connectivity index (χ0n) is 32.9. The fourth-order valence-electron chi connectivity index (χ4n) is 10.5. The van der Waals surface area contributed by atoms with Gasteiger partial charge in [-0.25, -0.2) is 0 Å². The summed E-state index contributed by atoms with van der Waals surface area (Å²) in [6.07, 6.45) is 0. The van der Waals surface area contributed by atoms with Crippen LogP contribution in [0.2, 0.25) is 0 Å². The fourth-order valence-corrected chi connectivity index (χ4v) is 10.5. The number of benzene rings is 8. The quantitative estimate of drug-likeness (QED) is 0.165. The summed E-state index contributed by atoms with van der Waals surface area (Å²) in [5.74, 6) is 0. The summed E-state index contributed by atoms with van der Waals surface area (Å²) in [5.41, 5.74) is 19.4. The van der Waals surface area contributed by atoms with Crippen molar-refractivity contribution < 1.29 is 4.42 Å². The molecular weight excluding hydrogens is 691 g/mol. The van der Waals surface area contributed by atoms with Gasteiger partial charge in [-0.05, 0) is 92.0 Å². The molecule has 0 N–H and O–H groups in total. The molecule has 272 valence electrons. The molecule has 0 saturated carbocycles. The van der Waals surface area contributed by atoms with Gasteiger partial charge in [-0.2, -0.15) is 0 Å². The topological polar surface area (TPSA) is 19.6 Å². The van der Waals surface area contributed by atoms with E-state index in [1.165, 1.54) is 94.5 Å². The van der Waals surface area contributed by atoms with Gasteiger partial charge in [-0.3, -0.25) is 0 Å². The van der Waals surface area contributed by atoms with E-state index in [1.54, 1.807) is 0 Å². The minimum atomic E-state index is -0.188. The Morgan fingerprint density at radius 3 is 2.09 bits per heavy atom. The zero-order valence-corrected chi connectivity index (χ0v) is 32.9. The second kappa shape index (κ2) is 11.3. The average Bonchev–Trinajstić information content (AvgIpc) is 3.62. The van der Waals surface area contributed by atoms with E-state index >= 15 is 0 Å². The first-order valence-electron chi connectivity index (χ1n) is 20.2. The third kappa shape index (κ3) is 4.33. The summed E-state index contributed by atoms with van der Waals surface area (Å²) in [5, 5.41) is 4.81. The Kier molecular flexibility index (Phi) is 6.48. The highest BCUT2D eigenvalue weighted by Gasteiger charge is 2.51. The number of nitrogens with zero attached hydrogens (tertiary/aromatic N) is 2. The molecule has 9 aromatic rings. The third-order valence-corrected chi connectivity index (χ3v) is 13.2. The first-order chi connectivity index (χ1) is 27.7. The van der Waals surface area contributed by atoms with Crippen LogP contribution < -0.4 is 20.6 Å². The second-order valence-electron chi connectivity index (χ2n) is 17.7. The van der Waals surface area contributed by atoms with Crippen molar-refractivity contribution in [1.82, 2.24) is 0 Å². The highest BCUT2D eigenvalue weighted by atomic mass is 16.3. The summed E-state index contributed by atoms with van der Waals surface area (Å²) >= 11 is 0. The Hall–Kier alpha value is -6.52. The van der Waals surface area contributed by atoms with Crippen molar-refractivity contribution in [3.05, 3.63) is 174 Å². The van der Waals surface area contributed by atoms with Gasteiger partial charge >= 0.3 is 6.85 Å². The minimum Gasteiger partial charge on any atom is -0.456 e. The number of fused-ring (bicyclic) bond motifs is 12. The molecule has 8 aromatic carbocycles. The number of para-hydroxylation sites is 3. The minimum absolute atomic E-state index is 0.0235. The molecule has 4 heterocycles. The van der Waals surface area contributed by atoms with Crippen LogP contribution in [-0.4, -0.2) is 6.85 Å². The van der Waals surface area contributed by atoms with E-state index in [9.17, 15) is 0 Å². The van der Waals surface area contributed by atoms with Crippen LogP contribution in [0.1, 0.15) is 51.3 Å². The Labute approximate surface area is 333 Å². The van der Waals surface area contributed by atoms with Crippen LogP contribution in [0.15, 0.2) is 162 Å². The maximum atomic E-state index is 6.75. The molecule has 0 radical (unpaired) electrons.